The number of carbonyl (C=O) groups excluding carboxylic acids is 1. The van der Waals surface area contributed by atoms with Crippen LogP contribution in [0.15, 0.2) is 35.4 Å². The molecule has 0 aliphatic heterocycles. The summed E-state index contributed by atoms with van der Waals surface area (Å²) in [5.41, 5.74) is -0.0299. The van der Waals surface area contributed by atoms with Crippen molar-refractivity contribution in [2.75, 3.05) is 6.54 Å². The standard InChI is InChI=1S/C17H14F2N4O4/c18-10-3-9(4-11(19)5-10)1-2-12-6-13(24)15(16-21-8-22-23(12)16)17(27)20-7-14(25)26/h3-6,8H,1-2,7H2,(H,20,27)(H,21,22)(H,25,26). The zero-order valence-electron chi connectivity index (χ0n) is 13.8. The lowest BCUT2D eigenvalue weighted by Crippen LogP contribution is -2.33. The number of carboxylic acids is 1. The van der Waals surface area contributed by atoms with Crippen LogP contribution in [0.4, 0.5) is 8.78 Å². The number of halogens is 2. The third kappa shape index (κ3) is 4.00. The van der Waals surface area contributed by atoms with Crippen LogP contribution in [0.2, 0.25) is 0 Å². The molecule has 3 N–H and O–H groups in total. The average Bonchev–Trinajstić information content (AvgIpc) is 3.06. The number of hydrogen-bond donors (Lipinski definition) is 3. The molecule has 8 nitrogen and oxygen atoms in total. The number of rotatable bonds is 6. The molecule has 140 valence electrons. The van der Waals surface area contributed by atoms with Gasteiger partial charge in [0.2, 0.25) is 0 Å². The predicted molar refractivity (Wildman–Crippen MR) is 89.5 cm³/mol. The molecule has 0 atom stereocenters. The lowest BCUT2D eigenvalue weighted by molar-refractivity contribution is -0.135. The number of aryl methyl sites for hydroxylation is 2. The number of pyridine rings is 1. The summed E-state index contributed by atoms with van der Waals surface area (Å²) in [5, 5.41) is 13.5. The highest BCUT2D eigenvalue weighted by atomic mass is 19.1. The Bertz CT molecular complexity index is 1070. The second-order valence-electron chi connectivity index (χ2n) is 5.78. The average molecular weight is 376 g/mol. The molecule has 3 aromatic rings. The maximum Gasteiger partial charge on any atom is 0.322 e. The summed E-state index contributed by atoms with van der Waals surface area (Å²) in [6.07, 6.45) is 1.77. The quantitative estimate of drug-likeness (QED) is 0.591. The molecule has 3 rings (SSSR count). The van der Waals surface area contributed by atoms with E-state index in [1.807, 2.05) is 0 Å². The minimum Gasteiger partial charge on any atom is -0.480 e. The normalized spacial score (nSPS) is 10.9. The Labute approximate surface area is 150 Å². The molecule has 0 fully saturated rings. The SMILES string of the molecule is O=C(O)CNC(=O)c1c(=O)cc(CCc2cc(F)cc(F)c2)n2[nH]cnc12. The van der Waals surface area contributed by atoms with Crippen molar-refractivity contribution in [3.05, 3.63) is 69.3 Å². The van der Waals surface area contributed by atoms with Crippen LogP contribution in [-0.2, 0) is 17.6 Å². The van der Waals surface area contributed by atoms with E-state index in [9.17, 15) is 23.2 Å². The van der Waals surface area contributed by atoms with Gasteiger partial charge in [0.1, 0.15) is 30.1 Å². The molecule has 0 unspecified atom stereocenters. The van der Waals surface area contributed by atoms with E-state index >= 15 is 0 Å². The number of aliphatic carboxylic acids is 1. The summed E-state index contributed by atoms with van der Waals surface area (Å²) in [6, 6.07) is 4.37. The van der Waals surface area contributed by atoms with Crippen molar-refractivity contribution in [1.29, 1.82) is 0 Å². The lowest BCUT2D eigenvalue weighted by Gasteiger charge is -2.08. The number of H-pyrrole nitrogens is 1. The summed E-state index contributed by atoms with van der Waals surface area (Å²) < 4.78 is 28.0. The van der Waals surface area contributed by atoms with Crippen molar-refractivity contribution in [2.45, 2.75) is 12.8 Å². The molecule has 0 bridgehead atoms. The van der Waals surface area contributed by atoms with Gasteiger partial charge in [0, 0.05) is 17.8 Å². The number of hydrogen-bond acceptors (Lipinski definition) is 4. The first-order valence-electron chi connectivity index (χ1n) is 7.88. The van der Waals surface area contributed by atoms with Crippen LogP contribution < -0.4 is 10.7 Å². The fourth-order valence-electron chi connectivity index (χ4n) is 2.73. The van der Waals surface area contributed by atoms with Gasteiger partial charge in [-0.1, -0.05) is 0 Å². The van der Waals surface area contributed by atoms with Crippen molar-refractivity contribution in [3.63, 3.8) is 0 Å². The highest BCUT2D eigenvalue weighted by molar-refractivity contribution is 6.00. The highest BCUT2D eigenvalue weighted by Gasteiger charge is 2.19. The second kappa shape index (κ2) is 7.36. The van der Waals surface area contributed by atoms with E-state index in [2.05, 4.69) is 15.4 Å². The lowest BCUT2D eigenvalue weighted by atomic mass is 10.1. The maximum atomic E-state index is 13.3. The van der Waals surface area contributed by atoms with Gasteiger partial charge in [-0.25, -0.2) is 18.3 Å². The third-order valence-electron chi connectivity index (χ3n) is 3.86. The summed E-state index contributed by atoms with van der Waals surface area (Å²) >= 11 is 0. The number of carbonyl (C=O) groups is 2. The summed E-state index contributed by atoms with van der Waals surface area (Å²) in [4.78, 5) is 39.0. The van der Waals surface area contributed by atoms with Crippen molar-refractivity contribution >= 4 is 17.5 Å². The van der Waals surface area contributed by atoms with E-state index in [0.29, 0.717) is 11.3 Å². The van der Waals surface area contributed by atoms with Gasteiger partial charge in [-0.15, -0.1) is 0 Å². The second-order valence-corrected chi connectivity index (χ2v) is 5.78. The number of benzene rings is 1. The van der Waals surface area contributed by atoms with Crippen LogP contribution >= 0.6 is 0 Å². The number of aromatic amines is 1. The van der Waals surface area contributed by atoms with Crippen LogP contribution in [0.3, 0.4) is 0 Å². The molecule has 2 aromatic heterocycles. The summed E-state index contributed by atoms with van der Waals surface area (Å²) in [6.45, 7) is -0.637. The van der Waals surface area contributed by atoms with Gasteiger partial charge in [-0.2, -0.15) is 0 Å². The number of carboxylic acid groups (broad SMARTS) is 1. The Kier molecular flexibility index (Phi) is 4.97. The van der Waals surface area contributed by atoms with Gasteiger partial charge in [0.25, 0.3) is 5.91 Å². The Hall–Kier alpha value is -3.56. The first-order valence-corrected chi connectivity index (χ1v) is 7.88. The monoisotopic (exact) mass is 376 g/mol. The maximum absolute atomic E-state index is 13.3. The first-order chi connectivity index (χ1) is 12.8. The van der Waals surface area contributed by atoms with Crippen molar-refractivity contribution in [1.82, 2.24) is 19.9 Å². The molecule has 1 aromatic carbocycles. The number of amides is 1. The Morgan fingerprint density at radius 1 is 1.15 bits per heavy atom. The highest BCUT2D eigenvalue weighted by Crippen LogP contribution is 2.13. The van der Waals surface area contributed by atoms with Crippen molar-refractivity contribution in [3.8, 4) is 0 Å². The van der Waals surface area contributed by atoms with Crippen molar-refractivity contribution < 1.29 is 23.5 Å². The molecule has 1 amide bonds. The number of aromatic nitrogens is 3. The van der Waals surface area contributed by atoms with E-state index in [-0.39, 0.29) is 24.1 Å². The van der Waals surface area contributed by atoms with E-state index in [0.717, 1.165) is 6.07 Å². The van der Waals surface area contributed by atoms with Crippen LogP contribution in [0, 0.1) is 11.6 Å². The molecular weight excluding hydrogens is 362 g/mol. The third-order valence-corrected chi connectivity index (χ3v) is 3.86. The topological polar surface area (TPSA) is 117 Å². The Balaban J connectivity index is 1.91. The molecule has 0 spiro atoms. The molecule has 2 heterocycles. The minimum atomic E-state index is -1.25. The largest absolute Gasteiger partial charge is 0.480 e. The molecule has 27 heavy (non-hydrogen) atoms. The number of nitrogens with zero attached hydrogens (tertiary/aromatic N) is 2. The van der Waals surface area contributed by atoms with Crippen molar-refractivity contribution in [2.24, 2.45) is 0 Å². The van der Waals surface area contributed by atoms with Gasteiger partial charge in [-0.05, 0) is 30.5 Å². The predicted octanol–water partition coefficient (Wildman–Crippen LogP) is 0.900. The molecular formula is C17H14F2N4O4. The zero-order valence-corrected chi connectivity index (χ0v) is 13.8. The molecule has 0 saturated heterocycles. The smallest absolute Gasteiger partial charge is 0.322 e. The van der Waals surface area contributed by atoms with Crippen LogP contribution in [-0.4, -0.2) is 38.1 Å². The molecule has 0 saturated carbocycles. The van der Waals surface area contributed by atoms with Gasteiger partial charge >= 0.3 is 5.97 Å². The number of fused-ring (bicyclic) bond motifs is 1. The van der Waals surface area contributed by atoms with Crippen LogP contribution in [0.5, 0.6) is 0 Å². The Morgan fingerprint density at radius 3 is 2.52 bits per heavy atom. The number of nitrogens with one attached hydrogen (secondary N) is 2. The van der Waals surface area contributed by atoms with Gasteiger partial charge in [0.15, 0.2) is 11.1 Å². The molecule has 10 heteroatoms. The fraction of sp³-hybridized carbons (Fsp3) is 0.176. The molecule has 0 aliphatic carbocycles. The van der Waals surface area contributed by atoms with E-state index < -0.39 is 35.5 Å². The van der Waals surface area contributed by atoms with Crippen LogP contribution in [0.25, 0.3) is 5.65 Å². The Morgan fingerprint density at radius 2 is 1.85 bits per heavy atom. The summed E-state index contributed by atoms with van der Waals surface area (Å²) in [7, 11) is 0. The summed E-state index contributed by atoms with van der Waals surface area (Å²) in [5.74, 6) is -3.50. The fourth-order valence-corrected chi connectivity index (χ4v) is 2.73. The zero-order chi connectivity index (χ0) is 19.6. The first kappa shape index (κ1) is 18.2. The van der Waals surface area contributed by atoms with E-state index in [4.69, 9.17) is 5.11 Å². The van der Waals surface area contributed by atoms with Gasteiger partial charge in [-0.3, -0.25) is 19.5 Å². The van der Waals surface area contributed by atoms with E-state index in [1.165, 1.54) is 29.0 Å². The van der Waals surface area contributed by atoms with E-state index in [1.54, 1.807) is 0 Å². The molecule has 0 aliphatic rings. The molecule has 0 radical (unpaired) electrons. The minimum absolute atomic E-state index is 0.0332. The van der Waals surface area contributed by atoms with Gasteiger partial charge < -0.3 is 10.4 Å². The van der Waals surface area contributed by atoms with Gasteiger partial charge in [0.05, 0.1) is 0 Å². The van der Waals surface area contributed by atoms with Crippen LogP contribution in [0.1, 0.15) is 21.6 Å².